The Hall–Kier alpha value is -2.14. The number of hydrogen-bond acceptors (Lipinski definition) is 4. The zero-order valence-corrected chi connectivity index (χ0v) is 10.9. The first kappa shape index (κ1) is 13.3. The van der Waals surface area contributed by atoms with Gasteiger partial charge in [-0.15, -0.1) is 0 Å². The summed E-state index contributed by atoms with van der Waals surface area (Å²) in [5.74, 6) is 0.277. The van der Waals surface area contributed by atoms with Crippen molar-refractivity contribution in [3.05, 3.63) is 62.9 Å². The van der Waals surface area contributed by atoms with Gasteiger partial charge in [-0.1, -0.05) is 17.7 Å². The van der Waals surface area contributed by atoms with Crippen LogP contribution < -0.4 is 4.74 Å². The number of nitrogens with zero attached hydrogens (tertiary/aromatic N) is 2. The van der Waals surface area contributed by atoms with Gasteiger partial charge < -0.3 is 4.74 Å². The van der Waals surface area contributed by atoms with Gasteiger partial charge in [0, 0.05) is 11.8 Å². The average Bonchev–Trinajstić information content (AvgIpc) is 2.37. The number of nitro groups is 1. The molecule has 0 spiro atoms. The molecule has 0 aliphatic rings. The Labute approximate surface area is 115 Å². The van der Waals surface area contributed by atoms with E-state index < -0.39 is 4.92 Å². The molecule has 0 amide bonds. The smallest absolute Gasteiger partial charge is 0.273 e. The minimum Gasteiger partial charge on any atom is -0.485 e. The molecule has 0 saturated carbocycles. The van der Waals surface area contributed by atoms with E-state index in [1.807, 2.05) is 25.1 Å². The topological polar surface area (TPSA) is 65.3 Å². The summed E-state index contributed by atoms with van der Waals surface area (Å²) in [4.78, 5) is 14.5. The fourth-order valence-electron chi connectivity index (χ4n) is 1.55. The minimum absolute atomic E-state index is 0.0587. The van der Waals surface area contributed by atoms with E-state index in [2.05, 4.69) is 4.98 Å². The molecule has 5 nitrogen and oxygen atoms in total. The average molecular weight is 279 g/mol. The van der Waals surface area contributed by atoms with Crippen LogP contribution in [0.3, 0.4) is 0 Å². The molecule has 0 N–H and O–H groups in total. The normalized spacial score (nSPS) is 10.2. The molecule has 0 radical (unpaired) electrons. The second-order valence-electron chi connectivity index (χ2n) is 3.93. The van der Waals surface area contributed by atoms with Crippen molar-refractivity contribution >= 4 is 17.3 Å². The lowest BCUT2D eigenvalue weighted by Crippen LogP contribution is -2.00. The largest absolute Gasteiger partial charge is 0.485 e. The van der Waals surface area contributed by atoms with Crippen LogP contribution in [0.5, 0.6) is 5.75 Å². The molecule has 1 heterocycles. The van der Waals surface area contributed by atoms with Gasteiger partial charge >= 0.3 is 0 Å². The van der Waals surface area contributed by atoms with Crippen LogP contribution >= 0.6 is 11.6 Å². The third kappa shape index (κ3) is 3.42. The monoisotopic (exact) mass is 278 g/mol. The molecular weight excluding hydrogens is 268 g/mol. The van der Waals surface area contributed by atoms with Crippen molar-refractivity contribution in [3.63, 3.8) is 0 Å². The van der Waals surface area contributed by atoms with Gasteiger partial charge in [0.05, 0.1) is 21.7 Å². The zero-order chi connectivity index (χ0) is 13.8. The fourth-order valence-corrected chi connectivity index (χ4v) is 1.72. The lowest BCUT2D eigenvalue weighted by atomic mass is 10.3. The van der Waals surface area contributed by atoms with Crippen LogP contribution in [0.4, 0.5) is 5.69 Å². The first-order chi connectivity index (χ1) is 9.06. The van der Waals surface area contributed by atoms with Crippen LogP contribution in [-0.4, -0.2) is 9.91 Å². The number of non-ortho nitro benzene ring substituents is 1. The van der Waals surface area contributed by atoms with Gasteiger partial charge in [0.15, 0.2) is 0 Å². The lowest BCUT2D eigenvalue weighted by Gasteiger charge is -2.07. The van der Waals surface area contributed by atoms with Crippen LogP contribution in [0.1, 0.15) is 11.4 Å². The van der Waals surface area contributed by atoms with E-state index in [9.17, 15) is 10.1 Å². The number of ether oxygens (including phenoxy) is 1. The van der Waals surface area contributed by atoms with Gasteiger partial charge in [-0.05, 0) is 25.1 Å². The van der Waals surface area contributed by atoms with E-state index in [1.165, 1.54) is 18.2 Å². The predicted molar refractivity (Wildman–Crippen MR) is 71.4 cm³/mol. The van der Waals surface area contributed by atoms with Crippen LogP contribution in [0, 0.1) is 17.0 Å². The van der Waals surface area contributed by atoms with Crippen LogP contribution in [0.15, 0.2) is 36.4 Å². The molecule has 0 aliphatic carbocycles. The van der Waals surface area contributed by atoms with E-state index >= 15 is 0 Å². The maximum atomic E-state index is 10.7. The summed E-state index contributed by atoms with van der Waals surface area (Å²) >= 11 is 5.93. The van der Waals surface area contributed by atoms with Crippen LogP contribution in [-0.2, 0) is 6.61 Å². The van der Waals surface area contributed by atoms with Gasteiger partial charge in [-0.2, -0.15) is 0 Å². The molecule has 98 valence electrons. The summed E-state index contributed by atoms with van der Waals surface area (Å²) < 4.78 is 5.47. The Morgan fingerprint density at radius 3 is 2.84 bits per heavy atom. The second-order valence-corrected chi connectivity index (χ2v) is 4.34. The first-order valence-electron chi connectivity index (χ1n) is 5.55. The van der Waals surface area contributed by atoms with Crippen molar-refractivity contribution in [2.45, 2.75) is 13.5 Å². The maximum Gasteiger partial charge on any atom is 0.273 e. The molecule has 1 aromatic heterocycles. The summed E-state index contributed by atoms with van der Waals surface area (Å²) in [5, 5.41) is 11.0. The van der Waals surface area contributed by atoms with E-state index in [4.69, 9.17) is 16.3 Å². The first-order valence-corrected chi connectivity index (χ1v) is 5.93. The fraction of sp³-hybridized carbons (Fsp3) is 0.154. The number of aromatic nitrogens is 1. The van der Waals surface area contributed by atoms with Crippen molar-refractivity contribution in [1.82, 2.24) is 4.98 Å². The number of benzene rings is 1. The second kappa shape index (κ2) is 5.67. The number of hydrogen-bond donors (Lipinski definition) is 0. The molecule has 2 aromatic rings. The Kier molecular flexibility index (Phi) is 3.97. The molecule has 1 aromatic carbocycles. The Bertz CT molecular complexity index is 617. The molecule has 6 heteroatoms. The predicted octanol–water partition coefficient (Wildman–Crippen LogP) is 3.53. The van der Waals surface area contributed by atoms with E-state index in [1.54, 1.807) is 0 Å². The Morgan fingerprint density at radius 2 is 2.16 bits per heavy atom. The lowest BCUT2D eigenvalue weighted by molar-refractivity contribution is -0.384. The van der Waals surface area contributed by atoms with Crippen molar-refractivity contribution in [2.24, 2.45) is 0 Å². The highest BCUT2D eigenvalue weighted by Crippen LogP contribution is 2.29. The molecule has 2 rings (SSSR count). The van der Waals surface area contributed by atoms with Gasteiger partial charge in [-0.3, -0.25) is 15.1 Å². The molecule has 0 fully saturated rings. The van der Waals surface area contributed by atoms with Gasteiger partial charge in [-0.25, -0.2) is 0 Å². The molecule has 0 bridgehead atoms. The molecule has 19 heavy (non-hydrogen) atoms. The van der Waals surface area contributed by atoms with Crippen LogP contribution in [0.25, 0.3) is 0 Å². The quantitative estimate of drug-likeness (QED) is 0.634. The summed E-state index contributed by atoms with van der Waals surface area (Å²) in [6.07, 6.45) is 0. The number of nitro benzene ring substituents is 1. The number of halogens is 1. The van der Waals surface area contributed by atoms with E-state index in [0.717, 1.165) is 11.4 Å². The number of rotatable bonds is 4. The SMILES string of the molecule is Cc1cccc(COc2cc([N+](=O)[O-])ccc2Cl)n1. The molecule has 0 atom stereocenters. The van der Waals surface area contributed by atoms with Crippen molar-refractivity contribution in [3.8, 4) is 5.75 Å². The summed E-state index contributed by atoms with van der Waals surface area (Å²) in [7, 11) is 0. The van der Waals surface area contributed by atoms with Crippen molar-refractivity contribution in [1.29, 1.82) is 0 Å². The minimum atomic E-state index is -0.492. The maximum absolute atomic E-state index is 10.7. The van der Waals surface area contributed by atoms with Crippen LogP contribution in [0.2, 0.25) is 5.02 Å². The Morgan fingerprint density at radius 1 is 1.37 bits per heavy atom. The Balaban J connectivity index is 2.15. The summed E-state index contributed by atoms with van der Waals surface area (Å²) in [5.41, 5.74) is 1.56. The van der Waals surface area contributed by atoms with Crippen molar-refractivity contribution in [2.75, 3.05) is 0 Å². The third-order valence-electron chi connectivity index (χ3n) is 2.45. The molecule has 0 aliphatic heterocycles. The van der Waals surface area contributed by atoms with Gasteiger partial charge in [0.2, 0.25) is 0 Å². The summed E-state index contributed by atoms with van der Waals surface area (Å²) in [6.45, 7) is 2.09. The third-order valence-corrected chi connectivity index (χ3v) is 2.76. The highest BCUT2D eigenvalue weighted by molar-refractivity contribution is 6.32. The molecular formula is C13H11ClN2O3. The summed E-state index contributed by atoms with van der Waals surface area (Å²) in [6, 6.07) is 9.65. The van der Waals surface area contributed by atoms with Crippen molar-refractivity contribution < 1.29 is 9.66 Å². The molecule has 0 saturated heterocycles. The van der Waals surface area contributed by atoms with Gasteiger partial charge in [0.1, 0.15) is 12.4 Å². The standard InChI is InChI=1S/C13H11ClN2O3/c1-9-3-2-4-10(15-9)8-19-13-7-11(16(17)18)5-6-12(13)14/h2-7H,8H2,1H3. The van der Waals surface area contributed by atoms with Gasteiger partial charge in [0.25, 0.3) is 5.69 Å². The molecule has 0 unspecified atom stereocenters. The highest BCUT2D eigenvalue weighted by atomic mass is 35.5. The highest BCUT2D eigenvalue weighted by Gasteiger charge is 2.11. The number of pyridine rings is 1. The van der Waals surface area contributed by atoms with E-state index in [-0.39, 0.29) is 18.0 Å². The zero-order valence-electron chi connectivity index (χ0n) is 10.2. The number of aryl methyl sites for hydroxylation is 1. The van der Waals surface area contributed by atoms with E-state index in [0.29, 0.717) is 5.02 Å².